The second-order valence-electron chi connectivity index (χ2n) is 4.95. The number of urea groups is 1. The molecule has 0 spiro atoms. The van der Waals surface area contributed by atoms with Gasteiger partial charge in [-0.05, 0) is 34.1 Å². The lowest BCUT2D eigenvalue weighted by atomic mass is 9.99. The van der Waals surface area contributed by atoms with Crippen molar-refractivity contribution in [3.63, 3.8) is 0 Å². The molecule has 1 atom stereocenters. The standard InChI is InChI=1S/C13H24N2O5/c1-6-13(5,11(17)18)14-12(19)15(9(3)4)8-10(16)20-7-2/h9H,6-8H2,1-5H3,(H,14,19)(H,17,18). The fraction of sp³-hybridized carbons (Fsp3) is 0.769. The van der Waals surface area contributed by atoms with Crippen LogP contribution in [0.1, 0.15) is 41.0 Å². The Bertz CT molecular complexity index is 370. The molecule has 0 aromatic carbocycles. The van der Waals surface area contributed by atoms with Crippen LogP contribution in [-0.4, -0.2) is 52.7 Å². The minimum atomic E-state index is -1.36. The maximum absolute atomic E-state index is 12.1. The van der Waals surface area contributed by atoms with E-state index in [1.807, 2.05) is 0 Å². The van der Waals surface area contributed by atoms with Crippen LogP contribution in [0.2, 0.25) is 0 Å². The third kappa shape index (κ3) is 5.07. The molecule has 0 bridgehead atoms. The van der Waals surface area contributed by atoms with Crippen LogP contribution in [0.15, 0.2) is 0 Å². The summed E-state index contributed by atoms with van der Waals surface area (Å²) in [5.41, 5.74) is -1.36. The van der Waals surface area contributed by atoms with Crippen LogP contribution in [0.25, 0.3) is 0 Å². The van der Waals surface area contributed by atoms with E-state index in [-0.39, 0.29) is 25.6 Å². The minimum absolute atomic E-state index is 0.212. The minimum Gasteiger partial charge on any atom is -0.480 e. The van der Waals surface area contributed by atoms with Gasteiger partial charge in [0.05, 0.1) is 6.61 Å². The topological polar surface area (TPSA) is 95.9 Å². The summed E-state index contributed by atoms with van der Waals surface area (Å²) < 4.78 is 4.80. The van der Waals surface area contributed by atoms with Crippen LogP contribution in [0.3, 0.4) is 0 Å². The van der Waals surface area contributed by atoms with Crippen molar-refractivity contribution in [1.82, 2.24) is 10.2 Å². The molecule has 0 radical (unpaired) electrons. The number of ether oxygens (including phenoxy) is 1. The maximum Gasteiger partial charge on any atom is 0.329 e. The van der Waals surface area contributed by atoms with Gasteiger partial charge in [-0.2, -0.15) is 0 Å². The van der Waals surface area contributed by atoms with Crippen molar-refractivity contribution in [3.8, 4) is 0 Å². The first-order valence-corrected chi connectivity index (χ1v) is 6.65. The van der Waals surface area contributed by atoms with Crippen LogP contribution in [-0.2, 0) is 14.3 Å². The molecule has 0 aliphatic rings. The molecule has 0 heterocycles. The van der Waals surface area contributed by atoms with Crippen LogP contribution < -0.4 is 5.32 Å². The molecule has 0 saturated carbocycles. The molecule has 116 valence electrons. The average Bonchev–Trinajstić information content (AvgIpc) is 2.35. The highest BCUT2D eigenvalue weighted by Gasteiger charge is 2.35. The molecular formula is C13H24N2O5. The van der Waals surface area contributed by atoms with Crippen LogP contribution in [0.4, 0.5) is 4.79 Å². The predicted molar refractivity (Wildman–Crippen MR) is 73.3 cm³/mol. The number of esters is 1. The highest BCUT2D eigenvalue weighted by atomic mass is 16.5. The highest BCUT2D eigenvalue weighted by molar-refractivity contribution is 5.87. The van der Waals surface area contributed by atoms with Crippen molar-refractivity contribution in [1.29, 1.82) is 0 Å². The first kappa shape index (κ1) is 18.2. The summed E-state index contributed by atoms with van der Waals surface area (Å²) in [6, 6.07) is -0.853. The Kier molecular flexibility index (Phi) is 7.02. The number of carboxylic acids is 1. The SMILES string of the molecule is CCOC(=O)CN(C(=O)NC(C)(CC)C(=O)O)C(C)C. The number of hydrogen-bond acceptors (Lipinski definition) is 4. The van der Waals surface area contributed by atoms with Crippen LogP contribution in [0.5, 0.6) is 0 Å². The quantitative estimate of drug-likeness (QED) is 0.687. The van der Waals surface area contributed by atoms with E-state index in [1.54, 1.807) is 27.7 Å². The smallest absolute Gasteiger partial charge is 0.329 e. The van der Waals surface area contributed by atoms with E-state index < -0.39 is 23.5 Å². The number of carbonyl (C=O) groups is 3. The summed E-state index contributed by atoms with van der Waals surface area (Å²) in [6.07, 6.45) is 0.236. The molecule has 0 aliphatic heterocycles. The van der Waals surface area contributed by atoms with Gasteiger partial charge >= 0.3 is 18.0 Å². The molecule has 0 aliphatic carbocycles. The van der Waals surface area contributed by atoms with Gasteiger partial charge < -0.3 is 20.1 Å². The number of amides is 2. The third-order valence-corrected chi connectivity index (χ3v) is 3.05. The fourth-order valence-corrected chi connectivity index (χ4v) is 1.44. The molecule has 2 N–H and O–H groups in total. The Morgan fingerprint density at radius 1 is 1.30 bits per heavy atom. The molecule has 0 aromatic rings. The third-order valence-electron chi connectivity index (χ3n) is 3.05. The van der Waals surface area contributed by atoms with E-state index in [4.69, 9.17) is 9.84 Å². The van der Waals surface area contributed by atoms with E-state index in [0.29, 0.717) is 0 Å². The Hall–Kier alpha value is -1.79. The van der Waals surface area contributed by atoms with Gasteiger partial charge in [-0.3, -0.25) is 4.79 Å². The van der Waals surface area contributed by atoms with Crippen LogP contribution >= 0.6 is 0 Å². The molecule has 0 rings (SSSR count). The van der Waals surface area contributed by atoms with Crippen molar-refractivity contribution in [3.05, 3.63) is 0 Å². The average molecular weight is 288 g/mol. The Morgan fingerprint density at radius 2 is 1.85 bits per heavy atom. The largest absolute Gasteiger partial charge is 0.480 e. The summed E-state index contributed by atoms with van der Waals surface area (Å²) in [5.74, 6) is -1.64. The second kappa shape index (κ2) is 7.72. The molecule has 1 unspecified atom stereocenters. The van der Waals surface area contributed by atoms with Crippen LogP contribution in [0, 0.1) is 0 Å². The van der Waals surface area contributed by atoms with Crippen molar-refractivity contribution in [2.75, 3.05) is 13.2 Å². The van der Waals surface area contributed by atoms with E-state index in [9.17, 15) is 14.4 Å². The van der Waals surface area contributed by atoms with Crippen molar-refractivity contribution >= 4 is 18.0 Å². The number of carbonyl (C=O) groups excluding carboxylic acids is 2. The first-order chi connectivity index (χ1) is 9.17. The van der Waals surface area contributed by atoms with Gasteiger partial charge in [0, 0.05) is 6.04 Å². The number of carboxylic acid groups (broad SMARTS) is 1. The molecular weight excluding hydrogens is 264 g/mol. The van der Waals surface area contributed by atoms with Gasteiger partial charge in [0.25, 0.3) is 0 Å². The molecule has 20 heavy (non-hydrogen) atoms. The molecule has 7 heteroatoms. The number of aliphatic carboxylic acids is 1. The van der Waals surface area contributed by atoms with E-state index in [0.717, 1.165) is 0 Å². The normalized spacial score (nSPS) is 13.5. The summed E-state index contributed by atoms with van der Waals surface area (Å²) in [7, 11) is 0. The lowest BCUT2D eigenvalue weighted by molar-refractivity contribution is -0.144. The van der Waals surface area contributed by atoms with Crippen molar-refractivity contribution in [2.45, 2.75) is 52.6 Å². The first-order valence-electron chi connectivity index (χ1n) is 6.65. The zero-order valence-corrected chi connectivity index (χ0v) is 12.7. The number of nitrogens with one attached hydrogen (secondary N) is 1. The monoisotopic (exact) mass is 288 g/mol. The number of rotatable bonds is 7. The molecule has 7 nitrogen and oxygen atoms in total. The molecule has 2 amide bonds. The van der Waals surface area contributed by atoms with Gasteiger partial charge in [-0.15, -0.1) is 0 Å². The van der Waals surface area contributed by atoms with Crippen molar-refractivity contribution < 1.29 is 24.2 Å². The van der Waals surface area contributed by atoms with E-state index in [2.05, 4.69) is 5.32 Å². The predicted octanol–water partition coefficient (Wildman–Crippen LogP) is 1.22. The van der Waals surface area contributed by atoms with E-state index >= 15 is 0 Å². The van der Waals surface area contributed by atoms with Crippen molar-refractivity contribution in [2.24, 2.45) is 0 Å². The summed E-state index contributed by atoms with van der Waals surface area (Å²) in [6.45, 7) is 8.27. The van der Waals surface area contributed by atoms with Gasteiger partial charge in [0.1, 0.15) is 12.1 Å². The lowest BCUT2D eigenvalue weighted by Gasteiger charge is -2.31. The molecule has 0 aromatic heterocycles. The summed E-state index contributed by atoms with van der Waals surface area (Å²) >= 11 is 0. The maximum atomic E-state index is 12.1. The van der Waals surface area contributed by atoms with E-state index in [1.165, 1.54) is 11.8 Å². The van der Waals surface area contributed by atoms with Gasteiger partial charge in [-0.25, -0.2) is 9.59 Å². The number of hydrogen-bond donors (Lipinski definition) is 2. The van der Waals surface area contributed by atoms with Gasteiger partial charge in [0.15, 0.2) is 0 Å². The Balaban J connectivity index is 4.90. The number of nitrogens with zero attached hydrogens (tertiary/aromatic N) is 1. The highest BCUT2D eigenvalue weighted by Crippen LogP contribution is 2.11. The zero-order chi connectivity index (χ0) is 15.9. The summed E-state index contributed by atoms with van der Waals surface area (Å²) in [5, 5.41) is 11.6. The summed E-state index contributed by atoms with van der Waals surface area (Å²) in [4.78, 5) is 36.0. The van der Waals surface area contributed by atoms with Gasteiger partial charge in [0.2, 0.25) is 0 Å². The van der Waals surface area contributed by atoms with Gasteiger partial charge in [-0.1, -0.05) is 6.92 Å². The molecule has 0 saturated heterocycles. The Labute approximate surface area is 119 Å². The molecule has 0 fully saturated rings. The lowest BCUT2D eigenvalue weighted by Crippen LogP contribution is -2.57. The zero-order valence-electron chi connectivity index (χ0n) is 12.7. The Morgan fingerprint density at radius 3 is 2.20 bits per heavy atom. The fourth-order valence-electron chi connectivity index (χ4n) is 1.44. The second-order valence-corrected chi connectivity index (χ2v) is 4.95.